The van der Waals surface area contributed by atoms with Crippen molar-refractivity contribution in [3.63, 3.8) is 0 Å². The van der Waals surface area contributed by atoms with Crippen LogP contribution in [0.15, 0.2) is 72.9 Å². The van der Waals surface area contributed by atoms with Crippen LogP contribution in [0.2, 0.25) is 0 Å². The Morgan fingerprint density at radius 1 is 0.848 bits per heavy atom. The lowest BCUT2D eigenvalue weighted by atomic mass is 10.1. The van der Waals surface area contributed by atoms with Gasteiger partial charge in [0, 0.05) is 30.4 Å². The van der Waals surface area contributed by atoms with Gasteiger partial charge in [0.05, 0.1) is 32.7 Å². The Labute approximate surface area is 192 Å². The van der Waals surface area contributed by atoms with Crippen molar-refractivity contribution in [1.29, 1.82) is 0 Å². The molecule has 0 aliphatic rings. The summed E-state index contributed by atoms with van der Waals surface area (Å²) in [4.78, 5) is 0. The molecule has 0 radical (unpaired) electrons. The molecule has 0 bridgehead atoms. The molecule has 7 heteroatoms. The standard InChI is InChI=1S/C26H26FN3O3/c1-31-23-13-18(14-24(32-2)26(23)33-3)15-28-16-20-17-30(22-7-5-4-6-8-22)29-25(20)19-9-11-21(27)12-10-19/h4-14,17,28H,15-16H2,1-3H3. The number of nitrogens with one attached hydrogen (secondary N) is 1. The van der Waals surface area contributed by atoms with E-state index in [0.29, 0.717) is 30.3 Å². The molecule has 33 heavy (non-hydrogen) atoms. The second-order valence-corrected chi connectivity index (χ2v) is 7.43. The smallest absolute Gasteiger partial charge is 0.203 e. The molecule has 0 fully saturated rings. The first-order chi connectivity index (χ1) is 16.1. The molecule has 0 aliphatic carbocycles. The number of rotatable bonds is 9. The molecule has 0 saturated heterocycles. The van der Waals surface area contributed by atoms with Crippen LogP contribution in [0.3, 0.4) is 0 Å². The highest BCUT2D eigenvalue weighted by atomic mass is 19.1. The molecule has 0 unspecified atom stereocenters. The fraction of sp³-hybridized carbons (Fsp3) is 0.192. The third-order valence-electron chi connectivity index (χ3n) is 5.30. The minimum absolute atomic E-state index is 0.275. The van der Waals surface area contributed by atoms with Crippen molar-refractivity contribution in [3.8, 4) is 34.2 Å². The van der Waals surface area contributed by atoms with Gasteiger partial charge in [0.15, 0.2) is 11.5 Å². The highest BCUT2D eigenvalue weighted by molar-refractivity contribution is 5.63. The van der Waals surface area contributed by atoms with Gasteiger partial charge in [-0.25, -0.2) is 9.07 Å². The zero-order valence-corrected chi connectivity index (χ0v) is 18.8. The maximum Gasteiger partial charge on any atom is 0.203 e. The van der Waals surface area contributed by atoms with E-state index in [1.165, 1.54) is 12.1 Å². The van der Waals surface area contributed by atoms with Gasteiger partial charge in [-0.3, -0.25) is 0 Å². The Hall–Kier alpha value is -3.84. The first-order valence-corrected chi connectivity index (χ1v) is 10.5. The average Bonchev–Trinajstić information content (AvgIpc) is 3.28. The van der Waals surface area contributed by atoms with Crippen LogP contribution >= 0.6 is 0 Å². The SMILES string of the molecule is COc1cc(CNCc2cn(-c3ccccc3)nc2-c2ccc(F)cc2)cc(OC)c1OC. The molecular formula is C26H26FN3O3. The van der Waals surface area contributed by atoms with E-state index in [1.807, 2.05) is 53.3 Å². The quantitative estimate of drug-likeness (QED) is 0.392. The molecule has 0 amide bonds. The first-order valence-electron chi connectivity index (χ1n) is 10.5. The van der Waals surface area contributed by atoms with Crippen molar-refractivity contribution in [2.75, 3.05) is 21.3 Å². The van der Waals surface area contributed by atoms with E-state index >= 15 is 0 Å². The van der Waals surface area contributed by atoms with Gasteiger partial charge in [-0.05, 0) is 54.1 Å². The highest BCUT2D eigenvalue weighted by Crippen LogP contribution is 2.38. The summed E-state index contributed by atoms with van der Waals surface area (Å²) in [5.41, 5.74) is 4.60. The van der Waals surface area contributed by atoms with Crippen LogP contribution in [-0.4, -0.2) is 31.1 Å². The highest BCUT2D eigenvalue weighted by Gasteiger charge is 2.15. The van der Waals surface area contributed by atoms with Crippen LogP contribution in [-0.2, 0) is 13.1 Å². The molecular weight excluding hydrogens is 421 g/mol. The summed E-state index contributed by atoms with van der Waals surface area (Å²) in [5, 5.41) is 8.25. The summed E-state index contributed by atoms with van der Waals surface area (Å²) < 4.78 is 31.6. The molecule has 1 heterocycles. The van der Waals surface area contributed by atoms with E-state index in [1.54, 1.807) is 33.5 Å². The summed E-state index contributed by atoms with van der Waals surface area (Å²) in [6.07, 6.45) is 2.00. The van der Waals surface area contributed by atoms with Crippen LogP contribution in [0.1, 0.15) is 11.1 Å². The van der Waals surface area contributed by atoms with E-state index in [2.05, 4.69) is 5.32 Å². The lowest BCUT2D eigenvalue weighted by Gasteiger charge is -2.14. The Bertz CT molecular complexity index is 1180. The van der Waals surface area contributed by atoms with Gasteiger partial charge < -0.3 is 19.5 Å². The van der Waals surface area contributed by atoms with Gasteiger partial charge in [-0.1, -0.05) is 18.2 Å². The van der Waals surface area contributed by atoms with Gasteiger partial charge in [0.1, 0.15) is 5.82 Å². The number of aromatic nitrogens is 2. The number of para-hydroxylation sites is 1. The van der Waals surface area contributed by atoms with Crippen LogP contribution in [0.4, 0.5) is 4.39 Å². The second kappa shape index (κ2) is 10.2. The molecule has 3 aromatic carbocycles. The summed E-state index contributed by atoms with van der Waals surface area (Å²) in [6.45, 7) is 1.15. The number of hydrogen-bond acceptors (Lipinski definition) is 5. The van der Waals surface area contributed by atoms with Gasteiger partial charge >= 0.3 is 0 Å². The molecule has 1 N–H and O–H groups in total. The topological polar surface area (TPSA) is 57.5 Å². The number of halogens is 1. The molecule has 4 aromatic rings. The maximum atomic E-state index is 13.5. The summed E-state index contributed by atoms with van der Waals surface area (Å²) >= 11 is 0. The molecule has 170 valence electrons. The van der Waals surface area contributed by atoms with E-state index in [9.17, 15) is 4.39 Å². The van der Waals surface area contributed by atoms with Crippen molar-refractivity contribution in [2.45, 2.75) is 13.1 Å². The van der Waals surface area contributed by atoms with E-state index in [-0.39, 0.29) is 5.82 Å². The van der Waals surface area contributed by atoms with Crippen LogP contribution in [0, 0.1) is 5.82 Å². The van der Waals surface area contributed by atoms with Crippen LogP contribution in [0.5, 0.6) is 17.2 Å². The van der Waals surface area contributed by atoms with Crippen LogP contribution < -0.4 is 19.5 Å². The van der Waals surface area contributed by atoms with Crippen molar-refractivity contribution >= 4 is 0 Å². The van der Waals surface area contributed by atoms with E-state index in [0.717, 1.165) is 28.1 Å². The zero-order chi connectivity index (χ0) is 23.2. The van der Waals surface area contributed by atoms with Gasteiger partial charge in [-0.15, -0.1) is 0 Å². The lowest BCUT2D eigenvalue weighted by Crippen LogP contribution is -2.13. The number of nitrogens with zero attached hydrogens (tertiary/aromatic N) is 2. The molecule has 0 aliphatic heterocycles. The van der Waals surface area contributed by atoms with Crippen molar-refractivity contribution in [2.24, 2.45) is 0 Å². The number of ether oxygens (including phenoxy) is 3. The largest absolute Gasteiger partial charge is 0.493 e. The zero-order valence-electron chi connectivity index (χ0n) is 18.8. The maximum absolute atomic E-state index is 13.5. The monoisotopic (exact) mass is 447 g/mol. The Kier molecular flexibility index (Phi) is 6.90. The van der Waals surface area contributed by atoms with E-state index < -0.39 is 0 Å². The first kappa shape index (κ1) is 22.4. The molecule has 1 aromatic heterocycles. The minimum atomic E-state index is -0.275. The number of hydrogen-bond donors (Lipinski definition) is 1. The van der Waals surface area contributed by atoms with Gasteiger partial charge in [0.25, 0.3) is 0 Å². The average molecular weight is 448 g/mol. The van der Waals surface area contributed by atoms with E-state index in [4.69, 9.17) is 19.3 Å². The number of benzene rings is 3. The molecule has 0 spiro atoms. The Morgan fingerprint density at radius 2 is 1.52 bits per heavy atom. The Balaban J connectivity index is 1.59. The second-order valence-electron chi connectivity index (χ2n) is 7.43. The molecule has 6 nitrogen and oxygen atoms in total. The Morgan fingerprint density at radius 3 is 2.12 bits per heavy atom. The fourth-order valence-electron chi connectivity index (χ4n) is 3.68. The molecule has 4 rings (SSSR count). The predicted octanol–water partition coefficient (Wildman–Crippen LogP) is 4.99. The van der Waals surface area contributed by atoms with Crippen molar-refractivity contribution in [1.82, 2.24) is 15.1 Å². The molecule has 0 saturated carbocycles. The molecule has 0 atom stereocenters. The normalized spacial score (nSPS) is 10.8. The summed E-state index contributed by atoms with van der Waals surface area (Å²) in [5.74, 6) is 1.50. The summed E-state index contributed by atoms with van der Waals surface area (Å²) in [7, 11) is 4.78. The predicted molar refractivity (Wildman–Crippen MR) is 126 cm³/mol. The third kappa shape index (κ3) is 4.99. The number of methoxy groups -OCH3 is 3. The summed E-state index contributed by atoms with van der Waals surface area (Å²) in [6, 6.07) is 20.1. The third-order valence-corrected chi connectivity index (χ3v) is 5.30. The van der Waals surface area contributed by atoms with Crippen molar-refractivity contribution in [3.05, 3.63) is 89.9 Å². The van der Waals surface area contributed by atoms with Crippen molar-refractivity contribution < 1.29 is 18.6 Å². The lowest BCUT2D eigenvalue weighted by molar-refractivity contribution is 0.323. The van der Waals surface area contributed by atoms with Crippen LogP contribution in [0.25, 0.3) is 16.9 Å². The van der Waals surface area contributed by atoms with Gasteiger partial charge in [-0.2, -0.15) is 5.10 Å². The van der Waals surface area contributed by atoms with Gasteiger partial charge in [0.2, 0.25) is 5.75 Å². The fourth-order valence-corrected chi connectivity index (χ4v) is 3.68. The minimum Gasteiger partial charge on any atom is -0.493 e.